The van der Waals surface area contributed by atoms with Gasteiger partial charge >= 0.3 is 5.97 Å². The van der Waals surface area contributed by atoms with Crippen molar-refractivity contribution in [2.45, 2.75) is 13.0 Å². The summed E-state index contributed by atoms with van der Waals surface area (Å²) in [5.41, 5.74) is -0.153. The highest BCUT2D eigenvalue weighted by Gasteiger charge is 2.12. The number of anilines is 1. The molecule has 5 heteroatoms. The van der Waals surface area contributed by atoms with Crippen molar-refractivity contribution in [1.29, 1.82) is 0 Å². The second kappa shape index (κ2) is 4.04. The van der Waals surface area contributed by atoms with E-state index in [-0.39, 0.29) is 5.69 Å². The predicted molar refractivity (Wildman–Crippen MR) is 47.1 cm³/mol. The van der Waals surface area contributed by atoms with Crippen molar-refractivity contribution in [2.75, 3.05) is 5.32 Å². The second-order valence-electron chi connectivity index (χ2n) is 2.83. The summed E-state index contributed by atoms with van der Waals surface area (Å²) < 4.78 is 25.6. The molecule has 0 aromatic heterocycles. The van der Waals surface area contributed by atoms with Crippen LogP contribution in [0.1, 0.15) is 6.92 Å². The van der Waals surface area contributed by atoms with Crippen LogP contribution in [0, 0.1) is 11.6 Å². The zero-order valence-electron chi connectivity index (χ0n) is 7.42. The van der Waals surface area contributed by atoms with Crippen molar-refractivity contribution in [1.82, 2.24) is 0 Å². The molecule has 0 fully saturated rings. The number of rotatable bonds is 3. The average molecular weight is 201 g/mol. The topological polar surface area (TPSA) is 49.3 Å². The molecule has 0 spiro atoms. The van der Waals surface area contributed by atoms with E-state index in [9.17, 15) is 13.6 Å². The lowest BCUT2D eigenvalue weighted by molar-refractivity contribution is -0.137. The van der Waals surface area contributed by atoms with Gasteiger partial charge in [0.15, 0.2) is 0 Å². The molecule has 0 radical (unpaired) electrons. The Kier molecular flexibility index (Phi) is 3.01. The Morgan fingerprint density at radius 2 is 2.14 bits per heavy atom. The molecule has 1 unspecified atom stereocenters. The smallest absolute Gasteiger partial charge is 0.325 e. The standard InChI is InChI=1S/C9H9F2NO2/c1-5(9(13)14)12-8-4-6(10)2-3-7(8)11/h2-5,12H,1H3,(H,13,14). The molecule has 76 valence electrons. The molecule has 14 heavy (non-hydrogen) atoms. The first kappa shape index (κ1) is 10.4. The van der Waals surface area contributed by atoms with E-state index in [1.807, 2.05) is 0 Å². The summed E-state index contributed by atoms with van der Waals surface area (Å²) in [5, 5.41) is 10.9. The van der Waals surface area contributed by atoms with Crippen LogP contribution in [0.4, 0.5) is 14.5 Å². The van der Waals surface area contributed by atoms with Crippen LogP contribution >= 0.6 is 0 Å². The lowest BCUT2D eigenvalue weighted by Crippen LogP contribution is -2.25. The fraction of sp³-hybridized carbons (Fsp3) is 0.222. The number of hydrogen-bond acceptors (Lipinski definition) is 2. The van der Waals surface area contributed by atoms with Crippen molar-refractivity contribution >= 4 is 11.7 Å². The van der Waals surface area contributed by atoms with E-state index in [1.165, 1.54) is 6.92 Å². The molecule has 0 saturated heterocycles. The van der Waals surface area contributed by atoms with Crippen molar-refractivity contribution in [2.24, 2.45) is 0 Å². The first-order chi connectivity index (χ1) is 6.50. The van der Waals surface area contributed by atoms with Gasteiger partial charge in [0, 0.05) is 0 Å². The van der Waals surface area contributed by atoms with Crippen LogP contribution in [-0.4, -0.2) is 17.1 Å². The molecule has 1 rings (SSSR count). The highest BCUT2D eigenvalue weighted by molar-refractivity contribution is 5.76. The van der Waals surface area contributed by atoms with E-state index in [1.54, 1.807) is 0 Å². The fourth-order valence-electron chi connectivity index (χ4n) is 0.903. The van der Waals surface area contributed by atoms with E-state index in [4.69, 9.17) is 5.11 Å². The van der Waals surface area contributed by atoms with Gasteiger partial charge in [-0.1, -0.05) is 0 Å². The molecule has 0 aliphatic rings. The van der Waals surface area contributed by atoms with Gasteiger partial charge in [0.1, 0.15) is 17.7 Å². The SMILES string of the molecule is CC(Nc1cc(F)ccc1F)C(=O)O. The highest BCUT2D eigenvalue weighted by atomic mass is 19.1. The summed E-state index contributed by atoms with van der Waals surface area (Å²) in [6, 6.07) is 1.85. The van der Waals surface area contributed by atoms with Crippen molar-refractivity contribution < 1.29 is 18.7 Å². The first-order valence-corrected chi connectivity index (χ1v) is 3.95. The largest absolute Gasteiger partial charge is 0.480 e. The second-order valence-corrected chi connectivity index (χ2v) is 2.83. The molecule has 0 bridgehead atoms. The zero-order chi connectivity index (χ0) is 10.7. The van der Waals surface area contributed by atoms with Crippen molar-refractivity contribution in [3.63, 3.8) is 0 Å². The Labute approximate surface area is 79.4 Å². The Hall–Kier alpha value is -1.65. The third-order valence-corrected chi connectivity index (χ3v) is 1.67. The van der Waals surface area contributed by atoms with Gasteiger partial charge in [0.25, 0.3) is 0 Å². The molecule has 3 nitrogen and oxygen atoms in total. The van der Waals surface area contributed by atoms with Crippen molar-refractivity contribution in [3.8, 4) is 0 Å². The van der Waals surface area contributed by atoms with E-state index in [0.717, 1.165) is 18.2 Å². The molecule has 0 aliphatic heterocycles. The number of carboxylic acids is 1. The summed E-state index contributed by atoms with van der Waals surface area (Å²) in [6.07, 6.45) is 0. The van der Waals surface area contributed by atoms with Crippen LogP contribution < -0.4 is 5.32 Å². The molecular weight excluding hydrogens is 192 g/mol. The molecule has 1 aromatic rings. The lowest BCUT2D eigenvalue weighted by atomic mass is 10.2. The zero-order valence-corrected chi connectivity index (χ0v) is 7.42. The van der Waals surface area contributed by atoms with Gasteiger partial charge in [0.05, 0.1) is 5.69 Å². The number of aliphatic carboxylic acids is 1. The predicted octanol–water partition coefficient (Wildman–Crippen LogP) is 1.85. The average Bonchev–Trinajstić information content (AvgIpc) is 2.11. The number of hydrogen-bond donors (Lipinski definition) is 2. The maximum atomic E-state index is 13.0. The van der Waals surface area contributed by atoms with Crippen LogP contribution in [0.15, 0.2) is 18.2 Å². The van der Waals surface area contributed by atoms with Gasteiger partial charge in [-0.05, 0) is 25.1 Å². The number of carbonyl (C=O) groups is 1. The third kappa shape index (κ3) is 2.42. The van der Waals surface area contributed by atoms with Gasteiger partial charge in [0.2, 0.25) is 0 Å². The molecule has 0 amide bonds. The Morgan fingerprint density at radius 3 is 2.71 bits per heavy atom. The molecule has 1 aromatic carbocycles. The highest BCUT2D eigenvalue weighted by Crippen LogP contribution is 2.16. The molecule has 2 N–H and O–H groups in total. The van der Waals surface area contributed by atoms with Gasteiger partial charge in [-0.2, -0.15) is 0 Å². The lowest BCUT2D eigenvalue weighted by Gasteiger charge is -2.11. The van der Waals surface area contributed by atoms with Crippen LogP contribution in [0.2, 0.25) is 0 Å². The van der Waals surface area contributed by atoms with Gasteiger partial charge in [-0.25, -0.2) is 8.78 Å². The van der Waals surface area contributed by atoms with E-state index in [0.29, 0.717) is 0 Å². The van der Waals surface area contributed by atoms with Crippen LogP contribution in [-0.2, 0) is 4.79 Å². The maximum Gasteiger partial charge on any atom is 0.325 e. The van der Waals surface area contributed by atoms with Crippen molar-refractivity contribution in [3.05, 3.63) is 29.8 Å². The monoisotopic (exact) mass is 201 g/mol. The van der Waals surface area contributed by atoms with Crippen LogP contribution in [0.25, 0.3) is 0 Å². The van der Waals surface area contributed by atoms with E-state index < -0.39 is 23.6 Å². The van der Waals surface area contributed by atoms with E-state index in [2.05, 4.69) is 5.32 Å². The summed E-state index contributed by atoms with van der Waals surface area (Å²) in [4.78, 5) is 10.4. The molecule has 0 aliphatic carbocycles. The van der Waals surface area contributed by atoms with Gasteiger partial charge in [-0.3, -0.25) is 4.79 Å². The van der Waals surface area contributed by atoms with Crippen LogP contribution in [0.3, 0.4) is 0 Å². The quantitative estimate of drug-likeness (QED) is 0.784. The first-order valence-electron chi connectivity index (χ1n) is 3.95. The summed E-state index contributed by atoms with van der Waals surface area (Å²) in [6.45, 7) is 1.34. The molecule has 0 heterocycles. The molecule has 0 saturated carbocycles. The number of carboxylic acid groups (broad SMARTS) is 1. The Morgan fingerprint density at radius 1 is 1.50 bits per heavy atom. The maximum absolute atomic E-state index is 13.0. The van der Waals surface area contributed by atoms with Gasteiger partial charge in [-0.15, -0.1) is 0 Å². The Bertz CT molecular complexity index is 355. The van der Waals surface area contributed by atoms with Crippen LogP contribution in [0.5, 0.6) is 0 Å². The number of benzene rings is 1. The third-order valence-electron chi connectivity index (χ3n) is 1.67. The fourth-order valence-corrected chi connectivity index (χ4v) is 0.903. The normalized spacial score (nSPS) is 12.2. The molecule has 1 atom stereocenters. The Balaban J connectivity index is 2.85. The summed E-state index contributed by atoms with van der Waals surface area (Å²) in [5.74, 6) is -2.43. The number of halogens is 2. The van der Waals surface area contributed by atoms with E-state index >= 15 is 0 Å². The minimum Gasteiger partial charge on any atom is -0.480 e. The van der Waals surface area contributed by atoms with Gasteiger partial charge < -0.3 is 10.4 Å². The number of nitrogens with one attached hydrogen (secondary N) is 1. The minimum atomic E-state index is -1.13. The summed E-state index contributed by atoms with van der Waals surface area (Å²) in [7, 11) is 0. The molecular formula is C9H9F2NO2. The minimum absolute atomic E-state index is 0.153. The summed E-state index contributed by atoms with van der Waals surface area (Å²) >= 11 is 0.